The SMILES string of the molecule is Cc1cc(C)n(CC(=O)N2CCN(c3ccc(Cl)cn3)CC2)n1. The molecular weight excluding hydrogens is 314 g/mol. The smallest absolute Gasteiger partial charge is 0.244 e. The van der Waals surface area contributed by atoms with E-state index in [2.05, 4.69) is 15.0 Å². The number of pyridine rings is 1. The van der Waals surface area contributed by atoms with Crippen molar-refractivity contribution in [3.05, 3.63) is 40.8 Å². The van der Waals surface area contributed by atoms with Gasteiger partial charge in [0.2, 0.25) is 5.91 Å². The fourth-order valence-corrected chi connectivity index (χ4v) is 2.91. The van der Waals surface area contributed by atoms with E-state index in [-0.39, 0.29) is 5.91 Å². The van der Waals surface area contributed by atoms with E-state index in [1.165, 1.54) is 0 Å². The molecule has 6 nitrogen and oxygen atoms in total. The molecule has 1 aliphatic rings. The van der Waals surface area contributed by atoms with Gasteiger partial charge in [-0.2, -0.15) is 5.10 Å². The van der Waals surface area contributed by atoms with Crippen LogP contribution in [-0.2, 0) is 11.3 Å². The summed E-state index contributed by atoms with van der Waals surface area (Å²) in [5.74, 6) is 1.01. The van der Waals surface area contributed by atoms with Gasteiger partial charge in [0, 0.05) is 38.1 Å². The molecule has 0 N–H and O–H groups in total. The number of carbonyl (C=O) groups is 1. The standard InChI is InChI=1S/C16H20ClN5O/c1-12-9-13(2)22(19-12)11-16(23)21-7-5-20(6-8-21)15-4-3-14(17)10-18-15/h3-4,9-10H,5-8,11H2,1-2H3. The predicted molar refractivity (Wildman–Crippen MR) is 89.7 cm³/mol. The van der Waals surface area contributed by atoms with E-state index >= 15 is 0 Å². The van der Waals surface area contributed by atoms with Crippen molar-refractivity contribution in [2.75, 3.05) is 31.1 Å². The van der Waals surface area contributed by atoms with Crippen molar-refractivity contribution >= 4 is 23.3 Å². The lowest BCUT2D eigenvalue weighted by Crippen LogP contribution is -2.50. The summed E-state index contributed by atoms with van der Waals surface area (Å²) in [5, 5.41) is 4.98. The van der Waals surface area contributed by atoms with Crippen LogP contribution in [0.5, 0.6) is 0 Å². The Labute approximate surface area is 140 Å². The van der Waals surface area contributed by atoms with Crippen LogP contribution in [0.4, 0.5) is 5.82 Å². The number of aromatic nitrogens is 3. The molecule has 0 saturated carbocycles. The maximum absolute atomic E-state index is 12.4. The van der Waals surface area contributed by atoms with Crippen LogP contribution in [0.1, 0.15) is 11.4 Å². The summed E-state index contributed by atoms with van der Waals surface area (Å²) in [6, 6.07) is 5.73. The van der Waals surface area contributed by atoms with Crippen LogP contribution in [0, 0.1) is 13.8 Å². The first-order valence-corrected chi connectivity index (χ1v) is 8.06. The molecule has 0 aromatic carbocycles. The number of aryl methyl sites for hydroxylation is 2. The zero-order chi connectivity index (χ0) is 16.4. The monoisotopic (exact) mass is 333 g/mol. The molecule has 2 aromatic heterocycles. The van der Waals surface area contributed by atoms with Gasteiger partial charge in [-0.3, -0.25) is 9.48 Å². The molecule has 1 saturated heterocycles. The fraction of sp³-hybridized carbons (Fsp3) is 0.438. The first-order chi connectivity index (χ1) is 11.0. The normalized spacial score (nSPS) is 15.1. The van der Waals surface area contributed by atoms with E-state index in [9.17, 15) is 4.79 Å². The summed E-state index contributed by atoms with van der Waals surface area (Å²) in [6.45, 7) is 7.15. The van der Waals surface area contributed by atoms with Crippen LogP contribution >= 0.6 is 11.6 Å². The lowest BCUT2D eigenvalue weighted by atomic mass is 10.3. The molecule has 2 aromatic rings. The van der Waals surface area contributed by atoms with Crippen molar-refractivity contribution < 1.29 is 4.79 Å². The summed E-state index contributed by atoms with van der Waals surface area (Å²) in [4.78, 5) is 20.8. The number of piperazine rings is 1. The first-order valence-electron chi connectivity index (χ1n) is 7.68. The van der Waals surface area contributed by atoms with Crippen molar-refractivity contribution in [1.29, 1.82) is 0 Å². The van der Waals surface area contributed by atoms with Gasteiger partial charge in [-0.25, -0.2) is 4.98 Å². The van der Waals surface area contributed by atoms with Gasteiger partial charge >= 0.3 is 0 Å². The van der Waals surface area contributed by atoms with Gasteiger partial charge < -0.3 is 9.80 Å². The summed E-state index contributed by atoms with van der Waals surface area (Å²) in [5.41, 5.74) is 1.95. The second-order valence-corrected chi connectivity index (χ2v) is 6.22. The van der Waals surface area contributed by atoms with E-state index < -0.39 is 0 Å². The van der Waals surface area contributed by atoms with Crippen LogP contribution in [0.2, 0.25) is 5.02 Å². The quantitative estimate of drug-likeness (QED) is 0.861. The number of amides is 1. The van der Waals surface area contributed by atoms with Crippen LogP contribution in [0.25, 0.3) is 0 Å². The second kappa shape index (κ2) is 6.58. The topological polar surface area (TPSA) is 54.3 Å². The van der Waals surface area contributed by atoms with E-state index in [4.69, 9.17) is 11.6 Å². The third-order valence-corrected chi connectivity index (χ3v) is 4.28. The van der Waals surface area contributed by atoms with Crippen molar-refractivity contribution in [3.63, 3.8) is 0 Å². The molecule has 0 unspecified atom stereocenters. The summed E-state index contributed by atoms with van der Waals surface area (Å²) < 4.78 is 1.77. The molecular formula is C16H20ClN5O. The molecule has 0 bridgehead atoms. The number of hydrogen-bond donors (Lipinski definition) is 0. The average Bonchev–Trinajstić information content (AvgIpc) is 2.86. The third kappa shape index (κ3) is 3.64. The largest absolute Gasteiger partial charge is 0.353 e. The number of anilines is 1. The first kappa shape index (κ1) is 15.8. The number of hydrogen-bond acceptors (Lipinski definition) is 4. The molecule has 0 aliphatic carbocycles. The zero-order valence-electron chi connectivity index (χ0n) is 13.4. The number of halogens is 1. The van der Waals surface area contributed by atoms with Crippen LogP contribution in [0.15, 0.2) is 24.4 Å². The Morgan fingerprint density at radius 1 is 1.22 bits per heavy atom. The van der Waals surface area contributed by atoms with E-state index in [0.29, 0.717) is 24.7 Å². The lowest BCUT2D eigenvalue weighted by Gasteiger charge is -2.35. The van der Waals surface area contributed by atoms with Gasteiger partial charge in [0.1, 0.15) is 12.4 Å². The number of nitrogens with zero attached hydrogens (tertiary/aromatic N) is 5. The highest BCUT2D eigenvalue weighted by molar-refractivity contribution is 6.30. The predicted octanol–water partition coefficient (Wildman–Crippen LogP) is 1.90. The number of rotatable bonds is 3. The highest BCUT2D eigenvalue weighted by Crippen LogP contribution is 2.16. The molecule has 3 rings (SSSR count). The van der Waals surface area contributed by atoms with Crippen molar-refractivity contribution in [3.8, 4) is 0 Å². The summed E-state index contributed by atoms with van der Waals surface area (Å²) in [6.07, 6.45) is 1.65. The van der Waals surface area contributed by atoms with Gasteiger partial charge in [0.25, 0.3) is 0 Å². The van der Waals surface area contributed by atoms with Gasteiger partial charge in [-0.15, -0.1) is 0 Å². The van der Waals surface area contributed by atoms with Crippen LogP contribution < -0.4 is 4.90 Å². The average molecular weight is 334 g/mol. The Balaban J connectivity index is 1.57. The van der Waals surface area contributed by atoms with E-state index in [1.54, 1.807) is 10.9 Å². The van der Waals surface area contributed by atoms with E-state index in [1.807, 2.05) is 36.9 Å². The Morgan fingerprint density at radius 3 is 2.52 bits per heavy atom. The third-order valence-electron chi connectivity index (χ3n) is 4.06. The van der Waals surface area contributed by atoms with Gasteiger partial charge in [-0.1, -0.05) is 11.6 Å². The molecule has 7 heteroatoms. The minimum Gasteiger partial charge on any atom is -0.353 e. The molecule has 23 heavy (non-hydrogen) atoms. The molecule has 0 spiro atoms. The van der Waals surface area contributed by atoms with Crippen molar-refractivity contribution in [1.82, 2.24) is 19.7 Å². The molecule has 1 amide bonds. The highest BCUT2D eigenvalue weighted by atomic mass is 35.5. The lowest BCUT2D eigenvalue weighted by molar-refractivity contribution is -0.132. The minimum atomic E-state index is 0.111. The van der Waals surface area contributed by atoms with Gasteiger partial charge in [-0.05, 0) is 32.0 Å². The number of carbonyl (C=O) groups excluding carboxylic acids is 1. The Bertz CT molecular complexity index is 689. The molecule has 3 heterocycles. The second-order valence-electron chi connectivity index (χ2n) is 5.79. The Hall–Kier alpha value is -2.08. The Morgan fingerprint density at radius 2 is 1.96 bits per heavy atom. The molecule has 122 valence electrons. The minimum absolute atomic E-state index is 0.111. The summed E-state index contributed by atoms with van der Waals surface area (Å²) in [7, 11) is 0. The highest BCUT2D eigenvalue weighted by Gasteiger charge is 2.22. The molecule has 1 fully saturated rings. The molecule has 0 atom stereocenters. The van der Waals surface area contributed by atoms with Crippen LogP contribution in [-0.4, -0.2) is 51.8 Å². The van der Waals surface area contributed by atoms with Crippen molar-refractivity contribution in [2.24, 2.45) is 0 Å². The van der Waals surface area contributed by atoms with Crippen molar-refractivity contribution in [2.45, 2.75) is 20.4 Å². The maximum atomic E-state index is 12.4. The fourth-order valence-electron chi connectivity index (χ4n) is 2.80. The van der Waals surface area contributed by atoms with Gasteiger partial charge in [0.15, 0.2) is 0 Å². The van der Waals surface area contributed by atoms with Gasteiger partial charge in [0.05, 0.1) is 10.7 Å². The Kier molecular flexibility index (Phi) is 4.52. The van der Waals surface area contributed by atoms with Crippen LogP contribution in [0.3, 0.4) is 0 Å². The maximum Gasteiger partial charge on any atom is 0.244 e. The zero-order valence-corrected chi connectivity index (χ0v) is 14.1. The molecule has 0 radical (unpaired) electrons. The van der Waals surface area contributed by atoms with E-state index in [0.717, 1.165) is 30.3 Å². The summed E-state index contributed by atoms with van der Waals surface area (Å²) >= 11 is 5.86. The molecule has 1 aliphatic heterocycles.